The summed E-state index contributed by atoms with van der Waals surface area (Å²) >= 11 is 0. The molecular formula is C12H22N6O2. The molecule has 0 bridgehead atoms. The van der Waals surface area contributed by atoms with Crippen LogP contribution in [0.1, 0.15) is 32.6 Å². The number of primary amides is 1. The van der Waals surface area contributed by atoms with Crippen molar-refractivity contribution in [3.05, 3.63) is 0 Å². The van der Waals surface area contributed by atoms with E-state index in [4.69, 9.17) is 10.5 Å². The summed E-state index contributed by atoms with van der Waals surface area (Å²) in [6.45, 7) is 3.23. The predicted molar refractivity (Wildman–Crippen MR) is 76.7 cm³/mol. The van der Waals surface area contributed by atoms with Gasteiger partial charge < -0.3 is 21.1 Å². The Morgan fingerprint density at radius 1 is 1.25 bits per heavy atom. The summed E-state index contributed by atoms with van der Waals surface area (Å²) in [5.74, 6) is 0.623. The third-order valence-electron chi connectivity index (χ3n) is 2.41. The SMILES string of the molecule is CCCOc1nc(NC)nc(NCCCCC(N)=O)n1. The molecule has 0 aromatic carbocycles. The van der Waals surface area contributed by atoms with Crippen molar-refractivity contribution in [3.8, 4) is 6.01 Å². The number of aromatic nitrogens is 3. The first kappa shape index (κ1) is 15.9. The van der Waals surface area contributed by atoms with Crippen LogP contribution in [0.25, 0.3) is 0 Å². The van der Waals surface area contributed by atoms with Gasteiger partial charge in [0.15, 0.2) is 0 Å². The van der Waals surface area contributed by atoms with Crippen LogP contribution in [0.3, 0.4) is 0 Å². The Morgan fingerprint density at radius 3 is 2.65 bits per heavy atom. The highest BCUT2D eigenvalue weighted by Gasteiger charge is 2.06. The molecule has 4 N–H and O–H groups in total. The van der Waals surface area contributed by atoms with Crippen molar-refractivity contribution in [2.45, 2.75) is 32.6 Å². The zero-order valence-electron chi connectivity index (χ0n) is 12.0. The Kier molecular flexibility index (Phi) is 7.08. The van der Waals surface area contributed by atoms with Gasteiger partial charge in [0.05, 0.1) is 6.61 Å². The molecule has 0 aliphatic heterocycles. The van der Waals surface area contributed by atoms with E-state index in [1.807, 2.05) is 6.92 Å². The number of ether oxygens (including phenoxy) is 1. The second kappa shape index (κ2) is 8.89. The number of amides is 1. The number of carbonyl (C=O) groups excluding carboxylic acids is 1. The molecule has 8 nitrogen and oxygen atoms in total. The largest absolute Gasteiger partial charge is 0.463 e. The second-order valence-electron chi connectivity index (χ2n) is 4.21. The zero-order chi connectivity index (χ0) is 14.8. The van der Waals surface area contributed by atoms with Crippen LogP contribution >= 0.6 is 0 Å². The standard InChI is InChI=1S/C12H22N6O2/c1-3-8-20-12-17-10(14-2)16-11(18-12)15-7-5-4-6-9(13)19/h3-8H2,1-2H3,(H2,13,19)(H2,14,15,16,17,18). The van der Waals surface area contributed by atoms with E-state index in [1.54, 1.807) is 7.05 Å². The maximum atomic E-state index is 10.6. The van der Waals surface area contributed by atoms with E-state index in [9.17, 15) is 4.79 Å². The molecule has 1 aromatic rings. The van der Waals surface area contributed by atoms with Crippen molar-refractivity contribution in [2.75, 3.05) is 30.8 Å². The summed E-state index contributed by atoms with van der Waals surface area (Å²) in [6.07, 6.45) is 2.84. The van der Waals surface area contributed by atoms with Crippen molar-refractivity contribution >= 4 is 17.8 Å². The molecule has 0 aliphatic rings. The average Bonchev–Trinajstić information content (AvgIpc) is 2.44. The van der Waals surface area contributed by atoms with Gasteiger partial charge in [-0.05, 0) is 19.3 Å². The predicted octanol–water partition coefficient (Wildman–Crippen LogP) is 0.770. The summed E-state index contributed by atoms with van der Waals surface area (Å²) in [6, 6.07) is 0.297. The molecule has 112 valence electrons. The van der Waals surface area contributed by atoms with Gasteiger partial charge >= 0.3 is 6.01 Å². The van der Waals surface area contributed by atoms with E-state index < -0.39 is 0 Å². The number of hydrogen-bond donors (Lipinski definition) is 3. The lowest BCUT2D eigenvalue weighted by atomic mass is 10.2. The average molecular weight is 282 g/mol. The molecule has 0 atom stereocenters. The number of carbonyl (C=O) groups is 1. The molecule has 0 fully saturated rings. The van der Waals surface area contributed by atoms with Gasteiger partial charge in [-0.2, -0.15) is 15.0 Å². The molecule has 1 amide bonds. The lowest BCUT2D eigenvalue weighted by Gasteiger charge is -2.08. The van der Waals surface area contributed by atoms with Crippen LogP contribution < -0.4 is 21.1 Å². The van der Waals surface area contributed by atoms with E-state index in [0.717, 1.165) is 19.3 Å². The summed E-state index contributed by atoms with van der Waals surface area (Å²) in [5.41, 5.74) is 5.07. The summed E-state index contributed by atoms with van der Waals surface area (Å²) in [7, 11) is 1.73. The lowest BCUT2D eigenvalue weighted by Crippen LogP contribution is -2.12. The molecule has 1 rings (SSSR count). The maximum Gasteiger partial charge on any atom is 0.323 e. The van der Waals surface area contributed by atoms with Crippen molar-refractivity contribution < 1.29 is 9.53 Å². The van der Waals surface area contributed by atoms with Crippen LogP contribution in [0.2, 0.25) is 0 Å². The van der Waals surface area contributed by atoms with Gasteiger partial charge in [0.25, 0.3) is 0 Å². The molecule has 0 unspecified atom stereocenters. The fraction of sp³-hybridized carbons (Fsp3) is 0.667. The molecule has 20 heavy (non-hydrogen) atoms. The van der Waals surface area contributed by atoms with Gasteiger partial charge in [-0.1, -0.05) is 6.92 Å². The number of hydrogen-bond acceptors (Lipinski definition) is 7. The number of unbranched alkanes of at least 4 members (excludes halogenated alkanes) is 1. The molecule has 0 saturated heterocycles. The van der Waals surface area contributed by atoms with E-state index in [1.165, 1.54) is 0 Å². The highest BCUT2D eigenvalue weighted by atomic mass is 16.5. The quantitative estimate of drug-likeness (QED) is 0.543. The van der Waals surface area contributed by atoms with Crippen LogP contribution in [-0.4, -0.2) is 41.1 Å². The highest BCUT2D eigenvalue weighted by molar-refractivity contribution is 5.73. The summed E-state index contributed by atoms with van der Waals surface area (Å²) in [4.78, 5) is 23.0. The van der Waals surface area contributed by atoms with Crippen LogP contribution in [0.4, 0.5) is 11.9 Å². The van der Waals surface area contributed by atoms with Gasteiger partial charge in [0, 0.05) is 20.0 Å². The first-order valence-corrected chi connectivity index (χ1v) is 6.74. The lowest BCUT2D eigenvalue weighted by molar-refractivity contribution is -0.118. The smallest absolute Gasteiger partial charge is 0.323 e. The van der Waals surface area contributed by atoms with E-state index in [0.29, 0.717) is 37.5 Å². The molecule has 0 radical (unpaired) electrons. The van der Waals surface area contributed by atoms with E-state index >= 15 is 0 Å². The summed E-state index contributed by atoms with van der Waals surface area (Å²) < 4.78 is 5.39. The van der Waals surface area contributed by atoms with Crippen molar-refractivity contribution in [3.63, 3.8) is 0 Å². The van der Waals surface area contributed by atoms with Crippen LogP contribution in [0, 0.1) is 0 Å². The zero-order valence-corrected chi connectivity index (χ0v) is 12.0. The van der Waals surface area contributed by atoms with Crippen LogP contribution in [-0.2, 0) is 4.79 Å². The van der Waals surface area contributed by atoms with Crippen LogP contribution in [0.15, 0.2) is 0 Å². The topological polar surface area (TPSA) is 115 Å². The molecule has 0 spiro atoms. The molecular weight excluding hydrogens is 260 g/mol. The Morgan fingerprint density at radius 2 is 2.00 bits per heavy atom. The fourth-order valence-electron chi connectivity index (χ4n) is 1.43. The van der Waals surface area contributed by atoms with Crippen molar-refractivity contribution in [1.29, 1.82) is 0 Å². The van der Waals surface area contributed by atoms with Gasteiger partial charge in [0.1, 0.15) is 0 Å². The number of nitrogens with one attached hydrogen (secondary N) is 2. The van der Waals surface area contributed by atoms with Crippen molar-refractivity contribution in [1.82, 2.24) is 15.0 Å². The minimum atomic E-state index is -0.280. The third kappa shape index (κ3) is 6.17. The summed E-state index contributed by atoms with van der Waals surface area (Å²) in [5, 5.41) is 5.93. The molecule has 8 heteroatoms. The molecule has 1 heterocycles. The van der Waals surface area contributed by atoms with Gasteiger partial charge in [-0.25, -0.2) is 0 Å². The number of anilines is 2. The van der Waals surface area contributed by atoms with Gasteiger partial charge in [0.2, 0.25) is 17.8 Å². The number of nitrogens with two attached hydrogens (primary N) is 1. The Bertz CT molecular complexity index is 426. The van der Waals surface area contributed by atoms with Crippen molar-refractivity contribution in [2.24, 2.45) is 5.73 Å². The van der Waals surface area contributed by atoms with E-state index in [2.05, 4.69) is 25.6 Å². The first-order chi connectivity index (χ1) is 9.65. The normalized spacial score (nSPS) is 10.1. The minimum absolute atomic E-state index is 0.280. The first-order valence-electron chi connectivity index (χ1n) is 6.74. The number of rotatable bonds is 10. The Hall–Kier alpha value is -2.12. The number of nitrogens with zero attached hydrogens (tertiary/aromatic N) is 3. The maximum absolute atomic E-state index is 10.6. The highest BCUT2D eigenvalue weighted by Crippen LogP contribution is 2.11. The monoisotopic (exact) mass is 282 g/mol. The molecule has 0 aliphatic carbocycles. The minimum Gasteiger partial charge on any atom is -0.463 e. The Balaban J connectivity index is 2.48. The fourth-order valence-corrected chi connectivity index (χ4v) is 1.43. The molecule has 0 saturated carbocycles. The Labute approximate surface area is 118 Å². The molecule has 1 aromatic heterocycles. The van der Waals surface area contributed by atoms with E-state index in [-0.39, 0.29) is 5.91 Å². The van der Waals surface area contributed by atoms with Gasteiger partial charge in [-0.3, -0.25) is 4.79 Å². The second-order valence-corrected chi connectivity index (χ2v) is 4.21. The van der Waals surface area contributed by atoms with Gasteiger partial charge in [-0.15, -0.1) is 0 Å². The van der Waals surface area contributed by atoms with Crippen LogP contribution in [0.5, 0.6) is 6.01 Å². The third-order valence-corrected chi connectivity index (χ3v) is 2.41.